The molecule has 3 heteroatoms. The first-order chi connectivity index (χ1) is 7.54. The summed E-state index contributed by atoms with van der Waals surface area (Å²) in [6.07, 6.45) is 2.96. The molecule has 0 aliphatic heterocycles. The van der Waals surface area contributed by atoms with Gasteiger partial charge in [0.15, 0.2) is 0 Å². The average molecular weight is 231 g/mol. The fourth-order valence-corrected chi connectivity index (χ4v) is 1.48. The van der Waals surface area contributed by atoms with Crippen molar-refractivity contribution in [2.45, 2.75) is 52.5 Å². The summed E-state index contributed by atoms with van der Waals surface area (Å²) >= 11 is 0. The molecule has 0 bridgehead atoms. The van der Waals surface area contributed by atoms with Gasteiger partial charge in [-0.3, -0.25) is 0 Å². The van der Waals surface area contributed by atoms with E-state index in [1.807, 2.05) is 0 Å². The van der Waals surface area contributed by atoms with Gasteiger partial charge in [-0.25, -0.2) is 0 Å². The number of aliphatic hydroxyl groups excluding tert-OH is 1. The molecule has 0 radical (unpaired) electrons. The van der Waals surface area contributed by atoms with E-state index in [0.717, 1.165) is 39.0 Å². The first-order valence-corrected chi connectivity index (χ1v) is 6.47. The van der Waals surface area contributed by atoms with E-state index in [2.05, 4.69) is 33.0 Å². The number of ether oxygens (including phenoxy) is 1. The lowest BCUT2D eigenvalue weighted by Crippen LogP contribution is -2.44. The lowest BCUT2D eigenvalue weighted by molar-refractivity contribution is 0.115. The highest BCUT2D eigenvalue weighted by molar-refractivity contribution is 4.80. The first kappa shape index (κ1) is 15.9. The SMILES string of the molecule is CCC(C)(CCO)NCCOCCC(C)C. The molecule has 16 heavy (non-hydrogen) atoms. The van der Waals surface area contributed by atoms with E-state index in [1.54, 1.807) is 0 Å². The van der Waals surface area contributed by atoms with E-state index < -0.39 is 0 Å². The zero-order chi connectivity index (χ0) is 12.4. The van der Waals surface area contributed by atoms with Crippen molar-refractivity contribution in [3.63, 3.8) is 0 Å². The van der Waals surface area contributed by atoms with Gasteiger partial charge in [-0.1, -0.05) is 20.8 Å². The first-order valence-electron chi connectivity index (χ1n) is 6.47. The lowest BCUT2D eigenvalue weighted by atomic mass is 9.95. The molecule has 0 rings (SSSR count). The quantitative estimate of drug-likeness (QED) is 0.566. The fraction of sp³-hybridized carbons (Fsp3) is 1.00. The van der Waals surface area contributed by atoms with Crippen LogP contribution >= 0.6 is 0 Å². The van der Waals surface area contributed by atoms with Gasteiger partial charge < -0.3 is 15.2 Å². The summed E-state index contributed by atoms with van der Waals surface area (Å²) in [6.45, 7) is 11.4. The summed E-state index contributed by atoms with van der Waals surface area (Å²) in [7, 11) is 0. The largest absolute Gasteiger partial charge is 0.396 e. The normalized spacial score (nSPS) is 15.4. The molecule has 0 aromatic rings. The third-order valence-electron chi connectivity index (χ3n) is 3.08. The van der Waals surface area contributed by atoms with Crippen LogP contribution in [0.15, 0.2) is 0 Å². The Morgan fingerprint density at radius 2 is 2.00 bits per heavy atom. The highest BCUT2D eigenvalue weighted by Crippen LogP contribution is 2.12. The lowest BCUT2D eigenvalue weighted by Gasteiger charge is -2.29. The van der Waals surface area contributed by atoms with Gasteiger partial charge in [-0.2, -0.15) is 0 Å². The van der Waals surface area contributed by atoms with Crippen LogP contribution in [0.25, 0.3) is 0 Å². The van der Waals surface area contributed by atoms with E-state index >= 15 is 0 Å². The third kappa shape index (κ3) is 8.08. The summed E-state index contributed by atoms with van der Waals surface area (Å²) in [4.78, 5) is 0. The minimum absolute atomic E-state index is 0.0517. The number of hydrogen-bond donors (Lipinski definition) is 2. The van der Waals surface area contributed by atoms with Crippen LogP contribution in [0.1, 0.15) is 47.0 Å². The number of rotatable bonds is 10. The van der Waals surface area contributed by atoms with Crippen LogP contribution in [-0.4, -0.2) is 37.0 Å². The van der Waals surface area contributed by atoms with Crippen LogP contribution in [0.5, 0.6) is 0 Å². The van der Waals surface area contributed by atoms with E-state index in [-0.39, 0.29) is 12.1 Å². The molecule has 0 aliphatic carbocycles. The highest BCUT2D eigenvalue weighted by atomic mass is 16.5. The standard InChI is InChI=1S/C13H29NO2/c1-5-13(4,7-9-15)14-8-11-16-10-6-12(2)3/h12,14-15H,5-11H2,1-4H3. The molecule has 0 saturated heterocycles. The number of hydrogen-bond acceptors (Lipinski definition) is 3. The number of nitrogens with one attached hydrogen (secondary N) is 1. The Labute approximate surface area is 101 Å². The summed E-state index contributed by atoms with van der Waals surface area (Å²) in [6, 6.07) is 0. The monoisotopic (exact) mass is 231 g/mol. The maximum Gasteiger partial charge on any atom is 0.0591 e. The fourth-order valence-electron chi connectivity index (χ4n) is 1.48. The molecule has 0 spiro atoms. The van der Waals surface area contributed by atoms with Gasteiger partial charge in [0.1, 0.15) is 0 Å². The Bertz CT molecular complexity index is 162. The smallest absolute Gasteiger partial charge is 0.0591 e. The van der Waals surface area contributed by atoms with Crippen molar-refractivity contribution in [1.82, 2.24) is 5.32 Å². The van der Waals surface area contributed by atoms with Crippen molar-refractivity contribution in [2.75, 3.05) is 26.4 Å². The molecule has 1 unspecified atom stereocenters. The molecule has 3 nitrogen and oxygen atoms in total. The van der Waals surface area contributed by atoms with Crippen molar-refractivity contribution in [3.05, 3.63) is 0 Å². The van der Waals surface area contributed by atoms with Crippen LogP contribution in [0.4, 0.5) is 0 Å². The average Bonchev–Trinajstić information content (AvgIpc) is 2.23. The van der Waals surface area contributed by atoms with Crippen molar-refractivity contribution >= 4 is 0 Å². The van der Waals surface area contributed by atoms with Gasteiger partial charge >= 0.3 is 0 Å². The highest BCUT2D eigenvalue weighted by Gasteiger charge is 2.19. The molecule has 0 aliphatic rings. The molecule has 1 atom stereocenters. The van der Waals surface area contributed by atoms with Gasteiger partial charge in [0.05, 0.1) is 6.61 Å². The topological polar surface area (TPSA) is 41.5 Å². The zero-order valence-electron chi connectivity index (χ0n) is 11.4. The molecular weight excluding hydrogens is 202 g/mol. The molecule has 0 fully saturated rings. The summed E-state index contributed by atoms with van der Waals surface area (Å²) in [5.41, 5.74) is 0.0517. The third-order valence-corrected chi connectivity index (χ3v) is 3.08. The van der Waals surface area contributed by atoms with Crippen LogP contribution in [0.2, 0.25) is 0 Å². The minimum Gasteiger partial charge on any atom is -0.396 e. The Hall–Kier alpha value is -0.120. The molecule has 0 aromatic carbocycles. The summed E-state index contributed by atoms with van der Waals surface area (Å²) < 4.78 is 5.54. The Balaban J connectivity index is 3.48. The zero-order valence-corrected chi connectivity index (χ0v) is 11.4. The van der Waals surface area contributed by atoms with E-state index in [0.29, 0.717) is 5.92 Å². The molecule has 0 saturated carbocycles. The van der Waals surface area contributed by atoms with Crippen molar-refractivity contribution in [3.8, 4) is 0 Å². The van der Waals surface area contributed by atoms with Crippen LogP contribution < -0.4 is 5.32 Å². The maximum absolute atomic E-state index is 8.96. The van der Waals surface area contributed by atoms with Gasteiger partial charge in [-0.15, -0.1) is 0 Å². The Morgan fingerprint density at radius 3 is 2.50 bits per heavy atom. The minimum atomic E-state index is 0.0517. The van der Waals surface area contributed by atoms with Crippen molar-refractivity contribution < 1.29 is 9.84 Å². The summed E-state index contributed by atoms with van der Waals surface area (Å²) in [5.74, 6) is 0.711. The molecule has 0 heterocycles. The molecule has 0 aromatic heterocycles. The molecule has 98 valence electrons. The van der Waals surface area contributed by atoms with Crippen molar-refractivity contribution in [2.24, 2.45) is 5.92 Å². The van der Waals surface area contributed by atoms with Gasteiger partial charge in [-0.05, 0) is 32.1 Å². The van der Waals surface area contributed by atoms with Crippen molar-refractivity contribution in [1.29, 1.82) is 0 Å². The molecule has 2 N–H and O–H groups in total. The molecular formula is C13H29NO2. The van der Waals surface area contributed by atoms with E-state index in [1.165, 1.54) is 0 Å². The summed E-state index contributed by atoms with van der Waals surface area (Å²) in [5, 5.41) is 12.4. The van der Waals surface area contributed by atoms with Gasteiger partial charge in [0.2, 0.25) is 0 Å². The van der Waals surface area contributed by atoms with Gasteiger partial charge in [0, 0.05) is 25.3 Å². The Morgan fingerprint density at radius 1 is 1.31 bits per heavy atom. The van der Waals surface area contributed by atoms with Gasteiger partial charge in [0.25, 0.3) is 0 Å². The maximum atomic E-state index is 8.96. The second-order valence-corrected chi connectivity index (χ2v) is 5.11. The van der Waals surface area contributed by atoms with Crippen LogP contribution in [0, 0.1) is 5.92 Å². The van der Waals surface area contributed by atoms with Crippen LogP contribution in [0.3, 0.4) is 0 Å². The molecule has 0 amide bonds. The predicted molar refractivity (Wildman–Crippen MR) is 68.7 cm³/mol. The van der Waals surface area contributed by atoms with Crippen LogP contribution in [-0.2, 0) is 4.74 Å². The Kier molecular flexibility index (Phi) is 8.90. The second kappa shape index (κ2) is 8.97. The second-order valence-electron chi connectivity index (χ2n) is 5.11. The predicted octanol–water partition coefficient (Wildman–Crippen LogP) is 2.19. The van der Waals surface area contributed by atoms with E-state index in [4.69, 9.17) is 9.84 Å². The van der Waals surface area contributed by atoms with E-state index in [9.17, 15) is 0 Å². The number of aliphatic hydroxyl groups is 1.